The molecule has 1 aromatic heterocycles. The molecule has 1 saturated carbocycles. The van der Waals surface area contributed by atoms with Crippen molar-refractivity contribution in [2.75, 3.05) is 22.9 Å². The second-order valence-electron chi connectivity index (χ2n) is 7.86. The fourth-order valence-corrected chi connectivity index (χ4v) is 4.45. The highest BCUT2D eigenvalue weighted by molar-refractivity contribution is 6.34. The highest BCUT2D eigenvalue weighted by Crippen LogP contribution is 2.41. The summed E-state index contributed by atoms with van der Waals surface area (Å²) in [4.78, 5) is 22.1. The van der Waals surface area contributed by atoms with Gasteiger partial charge >= 0.3 is 0 Å². The third-order valence-corrected chi connectivity index (χ3v) is 6.41. The van der Waals surface area contributed by atoms with Gasteiger partial charge in [0.1, 0.15) is 11.3 Å². The maximum absolute atomic E-state index is 13.6. The number of aliphatic hydroxyl groups excluding tert-OH is 1. The van der Waals surface area contributed by atoms with E-state index in [0.717, 1.165) is 17.9 Å². The van der Waals surface area contributed by atoms with E-state index in [-0.39, 0.29) is 29.2 Å². The van der Waals surface area contributed by atoms with Crippen LogP contribution in [0.5, 0.6) is 11.6 Å². The van der Waals surface area contributed by atoms with Crippen molar-refractivity contribution < 1.29 is 14.6 Å². The maximum atomic E-state index is 13.6. The lowest BCUT2D eigenvalue weighted by molar-refractivity contribution is 0.0983. The van der Waals surface area contributed by atoms with Crippen molar-refractivity contribution in [1.29, 1.82) is 0 Å². The molecule has 1 N–H and O–H groups in total. The van der Waals surface area contributed by atoms with E-state index in [1.165, 1.54) is 25.0 Å². The molecule has 2 aromatic carbocycles. The summed E-state index contributed by atoms with van der Waals surface area (Å²) >= 11 is 12.5. The normalized spacial score (nSPS) is 15.5. The number of anilines is 2. The number of carbonyl (C=O) groups excluding carboxylic acids is 1. The van der Waals surface area contributed by atoms with E-state index >= 15 is 0 Å². The molecule has 1 aliphatic heterocycles. The molecule has 1 amide bonds. The van der Waals surface area contributed by atoms with Crippen LogP contribution in [0.2, 0.25) is 10.0 Å². The summed E-state index contributed by atoms with van der Waals surface area (Å²) in [6, 6.07) is 15.0. The Morgan fingerprint density at radius 3 is 2.59 bits per heavy atom. The number of para-hydroxylation sites is 2. The lowest BCUT2D eigenvalue weighted by atomic mass is 10.1. The first-order valence-corrected chi connectivity index (χ1v) is 11.2. The Labute approximate surface area is 196 Å². The zero-order valence-electron chi connectivity index (χ0n) is 17.2. The molecule has 2 heterocycles. The molecule has 8 heteroatoms. The average molecular weight is 470 g/mol. The zero-order valence-corrected chi connectivity index (χ0v) is 18.7. The molecule has 0 saturated heterocycles. The summed E-state index contributed by atoms with van der Waals surface area (Å²) < 4.78 is 5.92. The van der Waals surface area contributed by atoms with Crippen molar-refractivity contribution in [3.63, 3.8) is 0 Å². The number of rotatable bonds is 5. The first kappa shape index (κ1) is 21.1. The molecular formula is C24H21Cl2N3O3. The number of fused-ring (bicyclic) bond motifs is 1. The molecule has 0 unspecified atom stereocenters. The SMILES string of the molecule is O=C(c1cccnc1Oc1cc(Cl)c(CO)cc1Cl)N1CCN(C2CC2)c2ccccc21. The number of pyridine rings is 1. The predicted molar refractivity (Wildman–Crippen MR) is 125 cm³/mol. The van der Waals surface area contributed by atoms with Crippen molar-refractivity contribution in [2.45, 2.75) is 25.5 Å². The van der Waals surface area contributed by atoms with Crippen LogP contribution < -0.4 is 14.5 Å². The maximum Gasteiger partial charge on any atom is 0.263 e. The number of amides is 1. The van der Waals surface area contributed by atoms with E-state index in [0.29, 0.717) is 28.7 Å². The second kappa shape index (κ2) is 8.62. The molecule has 2 aliphatic rings. The van der Waals surface area contributed by atoms with Gasteiger partial charge in [0.05, 0.1) is 23.0 Å². The van der Waals surface area contributed by atoms with Gasteiger partial charge in [-0.3, -0.25) is 4.79 Å². The van der Waals surface area contributed by atoms with Crippen molar-refractivity contribution in [3.05, 3.63) is 75.9 Å². The minimum absolute atomic E-state index is 0.148. The van der Waals surface area contributed by atoms with E-state index in [1.54, 1.807) is 23.2 Å². The third kappa shape index (κ3) is 3.90. The van der Waals surface area contributed by atoms with Gasteiger partial charge in [0.25, 0.3) is 5.91 Å². The fraction of sp³-hybridized carbons (Fsp3) is 0.250. The third-order valence-electron chi connectivity index (χ3n) is 5.76. The van der Waals surface area contributed by atoms with Crippen LogP contribution in [0.1, 0.15) is 28.8 Å². The lowest BCUT2D eigenvalue weighted by Crippen LogP contribution is -2.45. The van der Waals surface area contributed by atoms with Crippen LogP contribution in [-0.2, 0) is 6.61 Å². The molecule has 164 valence electrons. The van der Waals surface area contributed by atoms with Crippen molar-refractivity contribution in [1.82, 2.24) is 4.98 Å². The zero-order chi connectivity index (χ0) is 22.2. The quantitative estimate of drug-likeness (QED) is 0.548. The molecule has 0 spiro atoms. The van der Waals surface area contributed by atoms with Crippen LogP contribution in [0, 0.1) is 0 Å². The number of ether oxygens (including phenoxy) is 1. The van der Waals surface area contributed by atoms with Gasteiger partial charge in [-0.25, -0.2) is 4.98 Å². The Morgan fingerprint density at radius 2 is 1.84 bits per heavy atom. The highest BCUT2D eigenvalue weighted by Gasteiger charge is 2.36. The van der Waals surface area contributed by atoms with Gasteiger partial charge in [0, 0.05) is 36.4 Å². The number of aliphatic hydroxyl groups is 1. The largest absolute Gasteiger partial charge is 0.437 e. The molecule has 3 aromatic rings. The molecule has 0 radical (unpaired) electrons. The first-order chi connectivity index (χ1) is 15.6. The van der Waals surface area contributed by atoms with E-state index in [1.807, 2.05) is 18.2 Å². The molecule has 0 atom stereocenters. The summed E-state index contributed by atoms with van der Waals surface area (Å²) in [6.07, 6.45) is 3.95. The van der Waals surface area contributed by atoms with Crippen molar-refractivity contribution in [3.8, 4) is 11.6 Å². The topological polar surface area (TPSA) is 65.9 Å². The smallest absolute Gasteiger partial charge is 0.263 e. The molecule has 5 rings (SSSR count). The van der Waals surface area contributed by atoms with Crippen molar-refractivity contribution >= 4 is 40.5 Å². The van der Waals surface area contributed by atoms with E-state index in [9.17, 15) is 9.90 Å². The van der Waals surface area contributed by atoms with Gasteiger partial charge in [-0.05, 0) is 48.7 Å². The van der Waals surface area contributed by atoms with Crippen LogP contribution in [0.3, 0.4) is 0 Å². The number of hydrogen-bond acceptors (Lipinski definition) is 5. The van der Waals surface area contributed by atoms with Gasteiger partial charge in [-0.1, -0.05) is 35.3 Å². The molecule has 0 bridgehead atoms. The predicted octanol–water partition coefficient (Wildman–Crippen LogP) is 5.30. The average Bonchev–Trinajstić information content (AvgIpc) is 3.66. The lowest BCUT2D eigenvalue weighted by Gasteiger charge is -2.38. The van der Waals surface area contributed by atoms with Crippen LogP contribution in [0.25, 0.3) is 0 Å². The summed E-state index contributed by atoms with van der Waals surface area (Å²) in [7, 11) is 0. The minimum atomic E-state index is -0.238. The number of halogens is 2. The molecular weight excluding hydrogens is 449 g/mol. The standard InChI is InChI=1S/C24H21Cl2N3O3/c25-18-13-22(19(26)12-15(18)14-30)32-23-17(4-3-9-27-23)24(31)29-11-10-28(16-7-8-16)20-5-1-2-6-21(20)29/h1-6,9,12-13,16,30H,7-8,10-11,14H2. The number of benzene rings is 2. The molecule has 32 heavy (non-hydrogen) atoms. The second-order valence-corrected chi connectivity index (χ2v) is 8.67. The van der Waals surface area contributed by atoms with Gasteiger partial charge in [0.2, 0.25) is 5.88 Å². The summed E-state index contributed by atoms with van der Waals surface area (Å²) in [6.45, 7) is 1.13. The monoisotopic (exact) mass is 469 g/mol. The molecule has 1 fully saturated rings. The van der Waals surface area contributed by atoms with Crippen LogP contribution in [0.4, 0.5) is 11.4 Å². The van der Waals surface area contributed by atoms with Gasteiger partial charge in [-0.2, -0.15) is 0 Å². The Bertz CT molecular complexity index is 1180. The minimum Gasteiger partial charge on any atom is -0.437 e. The fourth-order valence-electron chi connectivity index (χ4n) is 4.01. The van der Waals surface area contributed by atoms with Crippen molar-refractivity contribution in [2.24, 2.45) is 0 Å². The Balaban J connectivity index is 1.47. The van der Waals surface area contributed by atoms with E-state index in [4.69, 9.17) is 27.9 Å². The van der Waals surface area contributed by atoms with E-state index < -0.39 is 0 Å². The Hall–Kier alpha value is -2.80. The number of aromatic nitrogens is 1. The van der Waals surface area contributed by atoms with Crippen LogP contribution in [0.15, 0.2) is 54.7 Å². The summed E-state index contributed by atoms with van der Waals surface area (Å²) in [5.74, 6) is 0.222. The van der Waals surface area contributed by atoms with Gasteiger partial charge in [-0.15, -0.1) is 0 Å². The number of carbonyl (C=O) groups is 1. The summed E-state index contributed by atoms with van der Waals surface area (Å²) in [5.41, 5.74) is 2.79. The molecule has 1 aliphatic carbocycles. The van der Waals surface area contributed by atoms with E-state index in [2.05, 4.69) is 16.0 Å². The first-order valence-electron chi connectivity index (χ1n) is 10.5. The Kier molecular flexibility index (Phi) is 5.67. The number of hydrogen-bond donors (Lipinski definition) is 1. The van der Waals surface area contributed by atoms with Crippen LogP contribution in [-0.4, -0.2) is 35.1 Å². The molecule has 6 nitrogen and oxygen atoms in total. The number of nitrogens with zero attached hydrogens (tertiary/aromatic N) is 3. The highest BCUT2D eigenvalue weighted by atomic mass is 35.5. The van der Waals surface area contributed by atoms with Gasteiger partial charge < -0.3 is 19.6 Å². The Morgan fingerprint density at radius 1 is 1.06 bits per heavy atom. The summed E-state index contributed by atoms with van der Waals surface area (Å²) in [5, 5.41) is 9.96. The van der Waals surface area contributed by atoms with Gasteiger partial charge in [0.15, 0.2) is 0 Å². The van der Waals surface area contributed by atoms with Crippen LogP contribution >= 0.6 is 23.2 Å².